The molecule has 1 aromatic heterocycles. The van der Waals surface area contributed by atoms with Crippen molar-refractivity contribution in [2.75, 3.05) is 14.2 Å². The highest BCUT2D eigenvalue weighted by Crippen LogP contribution is 2.27. The van der Waals surface area contributed by atoms with Crippen LogP contribution in [0.15, 0.2) is 39.9 Å². The molecule has 1 N–H and O–H groups in total. The van der Waals surface area contributed by atoms with Gasteiger partial charge in [-0.2, -0.15) is 0 Å². The van der Waals surface area contributed by atoms with Crippen molar-refractivity contribution >= 4 is 21.4 Å². The predicted molar refractivity (Wildman–Crippen MR) is 77.9 cm³/mol. The van der Waals surface area contributed by atoms with Crippen LogP contribution in [0.2, 0.25) is 0 Å². The van der Waals surface area contributed by atoms with Crippen LogP contribution < -0.4 is 14.2 Å². The normalized spacial score (nSPS) is 11.3. The second-order valence-corrected chi connectivity index (χ2v) is 6.89. The molecular weight excluding hydrogens is 298 g/mol. The number of hydrogen-bond acceptors (Lipinski definition) is 5. The Kier molecular flexibility index (Phi) is 4.64. The maximum absolute atomic E-state index is 12.0. The van der Waals surface area contributed by atoms with Gasteiger partial charge in [0.25, 0.3) is 0 Å². The molecule has 0 aliphatic rings. The summed E-state index contributed by atoms with van der Waals surface area (Å²) < 4.78 is 37.1. The van der Waals surface area contributed by atoms with E-state index in [0.29, 0.717) is 15.7 Å². The summed E-state index contributed by atoms with van der Waals surface area (Å²) in [6, 6.07) is 8.55. The molecule has 0 aliphatic heterocycles. The zero-order chi connectivity index (χ0) is 14.6. The van der Waals surface area contributed by atoms with Crippen molar-refractivity contribution in [3.05, 3.63) is 41.3 Å². The van der Waals surface area contributed by atoms with Gasteiger partial charge < -0.3 is 9.47 Å². The summed E-state index contributed by atoms with van der Waals surface area (Å²) in [5, 5.41) is 1.73. The summed E-state index contributed by atoms with van der Waals surface area (Å²) in [6.45, 7) is 0.195. The Balaban J connectivity index is 2.12. The molecule has 0 saturated heterocycles. The molecule has 20 heavy (non-hydrogen) atoms. The highest BCUT2D eigenvalue weighted by molar-refractivity contribution is 7.91. The van der Waals surface area contributed by atoms with Crippen molar-refractivity contribution in [1.29, 1.82) is 0 Å². The van der Waals surface area contributed by atoms with Crippen LogP contribution in [0.25, 0.3) is 0 Å². The quantitative estimate of drug-likeness (QED) is 0.888. The molecule has 0 spiro atoms. The Morgan fingerprint density at radius 3 is 2.50 bits per heavy atom. The first-order valence-electron chi connectivity index (χ1n) is 5.81. The van der Waals surface area contributed by atoms with Crippen molar-refractivity contribution in [3.8, 4) is 11.5 Å². The van der Waals surface area contributed by atoms with E-state index in [2.05, 4.69) is 4.72 Å². The fraction of sp³-hybridized carbons (Fsp3) is 0.231. The zero-order valence-electron chi connectivity index (χ0n) is 11.1. The Labute approximate surface area is 122 Å². The third-order valence-corrected chi connectivity index (χ3v) is 5.47. The highest BCUT2D eigenvalue weighted by Gasteiger charge is 2.15. The van der Waals surface area contributed by atoms with Gasteiger partial charge in [0.2, 0.25) is 10.0 Å². The van der Waals surface area contributed by atoms with Gasteiger partial charge in [-0.3, -0.25) is 0 Å². The molecule has 0 bridgehead atoms. The first-order valence-corrected chi connectivity index (χ1v) is 8.17. The lowest BCUT2D eigenvalue weighted by atomic mass is 10.2. The summed E-state index contributed by atoms with van der Waals surface area (Å²) in [4.78, 5) is 0. The van der Waals surface area contributed by atoms with E-state index in [1.807, 2.05) is 0 Å². The molecule has 0 saturated carbocycles. The Morgan fingerprint density at radius 2 is 1.90 bits per heavy atom. The molecule has 0 fully saturated rings. The van der Waals surface area contributed by atoms with E-state index in [0.717, 1.165) is 5.56 Å². The van der Waals surface area contributed by atoms with E-state index in [4.69, 9.17) is 9.47 Å². The first kappa shape index (κ1) is 14.8. The molecule has 0 atom stereocenters. The zero-order valence-corrected chi connectivity index (χ0v) is 12.8. The lowest BCUT2D eigenvalue weighted by molar-refractivity contribution is 0.354. The molecule has 1 heterocycles. The first-order chi connectivity index (χ1) is 9.56. The van der Waals surface area contributed by atoms with Crippen LogP contribution in [0.3, 0.4) is 0 Å². The van der Waals surface area contributed by atoms with Crippen molar-refractivity contribution in [2.24, 2.45) is 0 Å². The van der Waals surface area contributed by atoms with Crippen LogP contribution in [-0.2, 0) is 16.6 Å². The molecule has 7 heteroatoms. The standard InChI is InChI=1S/C13H15NO4S2/c1-17-11-6-5-10(8-12(11)18-2)9-14-20(15,16)13-4-3-7-19-13/h3-8,14H,9H2,1-2H3. The lowest BCUT2D eigenvalue weighted by Gasteiger charge is -2.10. The number of rotatable bonds is 6. The monoisotopic (exact) mass is 313 g/mol. The van der Waals surface area contributed by atoms with Crippen molar-refractivity contribution in [1.82, 2.24) is 4.72 Å². The summed E-state index contributed by atoms with van der Waals surface area (Å²) in [5.74, 6) is 1.18. The van der Waals surface area contributed by atoms with Crippen LogP contribution >= 0.6 is 11.3 Å². The van der Waals surface area contributed by atoms with Crippen LogP contribution in [0.5, 0.6) is 11.5 Å². The number of ether oxygens (including phenoxy) is 2. The van der Waals surface area contributed by atoms with Gasteiger partial charge in [-0.05, 0) is 29.1 Å². The summed E-state index contributed by atoms with van der Waals surface area (Å²) in [5.41, 5.74) is 0.794. The van der Waals surface area contributed by atoms with Crippen LogP contribution in [0, 0.1) is 0 Å². The van der Waals surface area contributed by atoms with Gasteiger partial charge in [0.1, 0.15) is 4.21 Å². The predicted octanol–water partition coefficient (Wildman–Crippen LogP) is 2.24. The van der Waals surface area contributed by atoms with Gasteiger partial charge in [-0.25, -0.2) is 13.1 Å². The molecule has 0 unspecified atom stereocenters. The largest absolute Gasteiger partial charge is 0.493 e. The number of thiophene rings is 1. The van der Waals surface area contributed by atoms with Gasteiger partial charge in [-0.15, -0.1) is 11.3 Å². The Bertz CT molecular complexity index is 666. The van der Waals surface area contributed by atoms with E-state index >= 15 is 0 Å². The van der Waals surface area contributed by atoms with Crippen LogP contribution in [0.4, 0.5) is 0 Å². The van der Waals surface area contributed by atoms with Gasteiger partial charge >= 0.3 is 0 Å². The molecule has 2 aromatic rings. The number of methoxy groups -OCH3 is 2. The van der Waals surface area contributed by atoms with E-state index in [1.54, 1.807) is 42.8 Å². The molecule has 0 radical (unpaired) electrons. The molecule has 0 amide bonds. The Morgan fingerprint density at radius 1 is 1.15 bits per heavy atom. The second-order valence-electron chi connectivity index (χ2n) is 3.95. The average Bonchev–Trinajstić information content (AvgIpc) is 3.00. The van der Waals surface area contributed by atoms with Gasteiger partial charge in [0.15, 0.2) is 11.5 Å². The maximum Gasteiger partial charge on any atom is 0.250 e. The summed E-state index contributed by atoms with van der Waals surface area (Å²) in [7, 11) is -0.362. The molecule has 0 aliphatic carbocycles. The molecular formula is C13H15NO4S2. The van der Waals surface area contributed by atoms with Crippen LogP contribution in [-0.4, -0.2) is 22.6 Å². The van der Waals surface area contributed by atoms with Crippen molar-refractivity contribution in [3.63, 3.8) is 0 Å². The third-order valence-electron chi connectivity index (χ3n) is 2.67. The smallest absolute Gasteiger partial charge is 0.250 e. The summed E-state index contributed by atoms with van der Waals surface area (Å²) >= 11 is 1.18. The maximum atomic E-state index is 12.0. The average molecular weight is 313 g/mol. The SMILES string of the molecule is COc1ccc(CNS(=O)(=O)c2cccs2)cc1OC. The van der Waals surface area contributed by atoms with E-state index in [9.17, 15) is 8.42 Å². The van der Waals surface area contributed by atoms with Gasteiger partial charge in [-0.1, -0.05) is 12.1 Å². The molecule has 5 nitrogen and oxygen atoms in total. The van der Waals surface area contributed by atoms with Gasteiger partial charge in [0, 0.05) is 6.54 Å². The fourth-order valence-electron chi connectivity index (χ4n) is 1.66. The third kappa shape index (κ3) is 3.30. The number of hydrogen-bond donors (Lipinski definition) is 1. The van der Waals surface area contributed by atoms with Crippen LogP contribution in [0.1, 0.15) is 5.56 Å². The van der Waals surface area contributed by atoms with E-state index in [1.165, 1.54) is 18.4 Å². The highest BCUT2D eigenvalue weighted by atomic mass is 32.2. The lowest BCUT2D eigenvalue weighted by Crippen LogP contribution is -2.22. The number of benzene rings is 1. The minimum Gasteiger partial charge on any atom is -0.493 e. The fourth-order valence-corrected chi connectivity index (χ4v) is 3.71. The Hall–Kier alpha value is -1.57. The second kappa shape index (κ2) is 6.25. The van der Waals surface area contributed by atoms with Gasteiger partial charge in [0.05, 0.1) is 14.2 Å². The minimum atomic E-state index is -3.45. The van der Waals surface area contributed by atoms with E-state index < -0.39 is 10.0 Å². The number of nitrogens with one attached hydrogen (secondary N) is 1. The topological polar surface area (TPSA) is 64.6 Å². The molecule has 108 valence electrons. The summed E-state index contributed by atoms with van der Waals surface area (Å²) in [6.07, 6.45) is 0. The van der Waals surface area contributed by atoms with Crippen molar-refractivity contribution in [2.45, 2.75) is 10.8 Å². The molecule has 2 rings (SSSR count). The van der Waals surface area contributed by atoms with Crippen molar-refractivity contribution < 1.29 is 17.9 Å². The van der Waals surface area contributed by atoms with E-state index in [-0.39, 0.29) is 6.54 Å². The molecule has 1 aromatic carbocycles. The number of sulfonamides is 1. The minimum absolute atomic E-state index is 0.195.